The van der Waals surface area contributed by atoms with E-state index in [4.69, 9.17) is 4.79 Å². The first-order chi connectivity index (χ1) is 1.00. The van der Waals surface area contributed by atoms with E-state index in [1.807, 2.05) is 6.79 Å². The third-order valence-corrected chi connectivity index (χ3v) is 0. The Morgan fingerprint density at radius 1 is 1.25 bits per heavy atom. The van der Waals surface area contributed by atoms with Crippen LogP contribution < -0.4 is 6.15 Å². The number of carbonyl (C=O) groups is 1. The van der Waals surface area contributed by atoms with Gasteiger partial charge in [0.05, 0.1) is 0 Å². The molecular formula is CH5NNiO. The van der Waals surface area contributed by atoms with Gasteiger partial charge < -0.3 is 10.9 Å². The molecule has 0 aromatic rings. The topological polar surface area (TPSA) is 52.1 Å². The average molecular weight is 106 g/mol. The van der Waals surface area contributed by atoms with Crippen LogP contribution in [0, 0.1) is 0 Å². The molecule has 0 bridgehead atoms. The Kier molecular flexibility index (Phi) is 7360. The Hall–Kier alpha value is 0.124. The van der Waals surface area contributed by atoms with E-state index in [0.717, 1.165) is 0 Å². The van der Waals surface area contributed by atoms with Gasteiger partial charge in [0.2, 0.25) is 0 Å². The number of hydrogen-bond donors (Lipinski definition) is 1. The second-order valence-corrected chi connectivity index (χ2v) is 0. The number of carbonyl (C=O) groups excluding carboxylic acids is 1. The first-order valence-corrected chi connectivity index (χ1v) is 0.289. The SMILES string of the molecule is C=O.N.[Ni]. The summed E-state index contributed by atoms with van der Waals surface area (Å²) in [5.41, 5.74) is 0. The Morgan fingerprint density at radius 3 is 1.25 bits per heavy atom. The largest absolute Gasteiger partial charge is 0.344 e. The van der Waals surface area contributed by atoms with E-state index in [9.17, 15) is 0 Å². The van der Waals surface area contributed by atoms with Crippen molar-refractivity contribution in [3.8, 4) is 0 Å². The molecule has 3 N–H and O–H groups in total. The minimum Gasteiger partial charge on any atom is -0.344 e. The Morgan fingerprint density at radius 2 is 1.25 bits per heavy atom. The van der Waals surface area contributed by atoms with E-state index in [1.165, 1.54) is 0 Å². The van der Waals surface area contributed by atoms with E-state index >= 15 is 0 Å². The van der Waals surface area contributed by atoms with Gasteiger partial charge in [0.1, 0.15) is 6.79 Å². The van der Waals surface area contributed by atoms with Gasteiger partial charge in [-0.1, -0.05) is 0 Å². The maximum atomic E-state index is 8.00. The second-order valence-electron chi connectivity index (χ2n) is 0. The molecule has 0 saturated carbocycles. The van der Waals surface area contributed by atoms with Crippen LogP contribution in [0.5, 0.6) is 0 Å². The van der Waals surface area contributed by atoms with Crippen LogP contribution in [-0.4, -0.2) is 6.79 Å². The standard InChI is InChI=1S/CH2O.H3N.Ni/c1-2;;/h1H2;1H3;. The predicted octanol–water partition coefficient (Wildman–Crippen LogP) is -0.0254. The number of rotatable bonds is 0. The minimum atomic E-state index is 0. The van der Waals surface area contributed by atoms with E-state index < -0.39 is 0 Å². The maximum absolute atomic E-state index is 8.00. The van der Waals surface area contributed by atoms with Crippen molar-refractivity contribution in [3.05, 3.63) is 0 Å². The van der Waals surface area contributed by atoms with Crippen molar-refractivity contribution in [1.29, 1.82) is 0 Å². The molecule has 0 aromatic carbocycles. The summed E-state index contributed by atoms with van der Waals surface area (Å²) in [5.74, 6) is 0. The van der Waals surface area contributed by atoms with E-state index in [-0.39, 0.29) is 22.6 Å². The molecule has 0 radical (unpaired) electrons. The van der Waals surface area contributed by atoms with Crippen molar-refractivity contribution in [2.45, 2.75) is 0 Å². The third kappa shape index (κ3) is 176. The second kappa shape index (κ2) is 923. The van der Waals surface area contributed by atoms with E-state index in [0.29, 0.717) is 0 Å². The van der Waals surface area contributed by atoms with Gasteiger partial charge in [0, 0.05) is 16.5 Å². The van der Waals surface area contributed by atoms with E-state index in [2.05, 4.69) is 0 Å². The maximum Gasteiger partial charge on any atom is 0.106 e. The summed E-state index contributed by atoms with van der Waals surface area (Å²) >= 11 is 0. The molecule has 30 valence electrons. The van der Waals surface area contributed by atoms with Crippen LogP contribution in [-0.2, 0) is 21.3 Å². The zero-order chi connectivity index (χ0) is 2.00. The van der Waals surface area contributed by atoms with Crippen molar-refractivity contribution in [2.75, 3.05) is 0 Å². The van der Waals surface area contributed by atoms with Crippen molar-refractivity contribution in [3.63, 3.8) is 0 Å². The molecule has 0 atom stereocenters. The predicted molar refractivity (Wildman–Crippen MR) is 12.1 cm³/mol. The van der Waals surface area contributed by atoms with Crippen LogP contribution in [0.3, 0.4) is 0 Å². The van der Waals surface area contributed by atoms with Crippen molar-refractivity contribution in [1.82, 2.24) is 6.15 Å². The van der Waals surface area contributed by atoms with Gasteiger partial charge in [-0.25, -0.2) is 0 Å². The summed E-state index contributed by atoms with van der Waals surface area (Å²) < 4.78 is 0. The minimum absolute atomic E-state index is 0. The summed E-state index contributed by atoms with van der Waals surface area (Å²) in [6.45, 7) is 2.00. The summed E-state index contributed by atoms with van der Waals surface area (Å²) in [5, 5.41) is 0. The van der Waals surface area contributed by atoms with Gasteiger partial charge in [-0.05, 0) is 0 Å². The molecule has 0 amide bonds. The van der Waals surface area contributed by atoms with Crippen LogP contribution in [0.15, 0.2) is 0 Å². The molecule has 0 rings (SSSR count). The molecule has 0 aliphatic carbocycles. The average Bonchev–Trinajstić information content (AvgIpc) is 1.00. The first kappa shape index (κ1) is 31.9. The zero-order valence-electron chi connectivity index (χ0n) is 2.14. The number of hydrogen-bond acceptors (Lipinski definition) is 2. The van der Waals surface area contributed by atoms with E-state index in [1.54, 1.807) is 0 Å². The molecule has 0 fully saturated rings. The van der Waals surface area contributed by atoms with Crippen LogP contribution in [0.1, 0.15) is 0 Å². The van der Waals surface area contributed by atoms with Crippen LogP contribution >= 0.6 is 0 Å². The Labute approximate surface area is 35.1 Å². The summed E-state index contributed by atoms with van der Waals surface area (Å²) in [7, 11) is 0. The molecule has 0 aliphatic rings. The van der Waals surface area contributed by atoms with Gasteiger partial charge in [-0.15, -0.1) is 0 Å². The monoisotopic (exact) mass is 105 g/mol. The third-order valence-electron chi connectivity index (χ3n) is 0. The molecular weight excluding hydrogens is 101 g/mol. The molecule has 0 aliphatic heterocycles. The van der Waals surface area contributed by atoms with Crippen LogP contribution in [0.2, 0.25) is 0 Å². The molecule has 0 aromatic heterocycles. The molecule has 0 saturated heterocycles. The summed E-state index contributed by atoms with van der Waals surface area (Å²) in [6.07, 6.45) is 0. The molecule has 0 spiro atoms. The smallest absolute Gasteiger partial charge is 0.106 e. The van der Waals surface area contributed by atoms with Gasteiger partial charge >= 0.3 is 0 Å². The van der Waals surface area contributed by atoms with Crippen molar-refractivity contribution in [2.24, 2.45) is 0 Å². The van der Waals surface area contributed by atoms with Gasteiger partial charge in [-0.2, -0.15) is 0 Å². The fourth-order valence-corrected chi connectivity index (χ4v) is 0. The van der Waals surface area contributed by atoms with Crippen molar-refractivity contribution < 1.29 is 21.3 Å². The van der Waals surface area contributed by atoms with Crippen molar-refractivity contribution >= 4 is 6.79 Å². The molecule has 0 unspecified atom stereocenters. The fourth-order valence-electron chi connectivity index (χ4n) is 0. The molecule has 0 heterocycles. The quantitative estimate of drug-likeness (QED) is 0.440. The van der Waals surface area contributed by atoms with Gasteiger partial charge in [0.15, 0.2) is 0 Å². The van der Waals surface area contributed by atoms with Gasteiger partial charge in [-0.3, -0.25) is 0 Å². The summed E-state index contributed by atoms with van der Waals surface area (Å²) in [4.78, 5) is 8.00. The fraction of sp³-hybridized carbons (Fsp3) is 0. The zero-order valence-corrected chi connectivity index (χ0v) is 3.13. The van der Waals surface area contributed by atoms with Crippen LogP contribution in [0.4, 0.5) is 0 Å². The molecule has 4 heavy (non-hydrogen) atoms. The normalized spacial score (nSPS) is 1.00. The molecule has 3 heteroatoms. The Balaban J connectivity index is -0.00000000500. The first-order valence-electron chi connectivity index (χ1n) is 0.289. The Bertz CT molecular complexity index is 8.00. The molecule has 2 nitrogen and oxygen atoms in total. The van der Waals surface area contributed by atoms with Crippen LogP contribution in [0.25, 0.3) is 0 Å². The summed E-state index contributed by atoms with van der Waals surface area (Å²) in [6, 6.07) is 0. The van der Waals surface area contributed by atoms with Gasteiger partial charge in [0.25, 0.3) is 0 Å².